The van der Waals surface area contributed by atoms with Gasteiger partial charge in [-0.15, -0.1) is 0 Å². The second-order valence-electron chi connectivity index (χ2n) is 12.9. The highest BCUT2D eigenvalue weighted by Gasteiger charge is 2.53. The number of anilines is 1. The number of carbonyl (C=O) groups is 4. The van der Waals surface area contributed by atoms with E-state index < -0.39 is 74.7 Å². The smallest absolute Gasteiger partial charge is 0.338 e. The molecular formula is C38H38FN5O9S. The third-order valence-corrected chi connectivity index (χ3v) is 10.9. The number of esters is 1. The number of sulfone groups is 1. The number of nitro groups is 1. The second kappa shape index (κ2) is 17.1. The summed E-state index contributed by atoms with van der Waals surface area (Å²) in [5.74, 6) is -3.04. The van der Waals surface area contributed by atoms with E-state index in [9.17, 15) is 37.7 Å². The highest BCUT2D eigenvalue weighted by molar-refractivity contribution is 7.92. The summed E-state index contributed by atoms with van der Waals surface area (Å²) >= 11 is 0. The zero-order valence-electron chi connectivity index (χ0n) is 29.3. The molecule has 4 aromatic carbocycles. The molecule has 1 fully saturated rings. The first-order chi connectivity index (χ1) is 25.8. The molecular weight excluding hydrogens is 722 g/mol. The molecule has 3 N–H and O–H groups in total. The van der Waals surface area contributed by atoms with E-state index >= 15 is 4.39 Å². The number of hydrogen-bond donors (Lipinski definition) is 3. The molecule has 3 atom stereocenters. The van der Waals surface area contributed by atoms with Gasteiger partial charge in [-0.1, -0.05) is 68.4 Å². The standard InChI is InChI=1S/C38H38FN5O9S/c1-24(2)21-40-36(46)32-20-33(54(51,52)29-17-15-28(16-18-29)44(49)50)35(30-13-6-7-14-31(30)39)43(32)34(45)22-41-38(48)42-27-12-8-11-26(19-27)37(47)53-23-25-9-4-3-5-10-25/h3-19,24,32-33,35H,20-23H2,1-2H3,(H,40,46)(H2,41,42,48). The molecule has 16 heteroatoms. The number of rotatable bonds is 13. The van der Waals surface area contributed by atoms with Crippen molar-refractivity contribution in [1.29, 1.82) is 0 Å². The number of halogens is 1. The average Bonchev–Trinajstić information content (AvgIpc) is 3.57. The molecule has 54 heavy (non-hydrogen) atoms. The van der Waals surface area contributed by atoms with E-state index in [1.807, 2.05) is 32.0 Å². The number of likely N-dealkylation sites (tertiary alicyclic amines) is 1. The maximum Gasteiger partial charge on any atom is 0.338 e. The van der Waals surface area contributed by atoms with Crippen LogP contribution >= 0.6 is 0 Å². The molecule has 1 heterocycles. The fraction of sp³-hybridized carbons (Fsp3) is 0.263. The number of nitrogens with one attached hydrogen (secondary N) is 3. The normalized spacial score (nSPS) is 16.7. The summed E-state index contributed by atoms with van der Waals surface area (Å²) in [6, 6.07) is 20.6. The first kappa shape index (κ1) is 39.1. The zero-order valence-corrected chi connectivity index (χ0v) is 30.1. The van der Waals surface area contributed by atoms with Crippen molar-refractivity contribution in [3.05, 3.63) is 136 Å². The predicted octanol–water partition coefficient (Wildman–Crippen LogP) is 5.17. The predicted molar refractivity (Wildman–Crippen MR) is 195 cm³/mol. The van der Waals surface area contributed by atoms with Crippen molar-refractivity contribution in [2.24, 2.45) is 5.92 Å². The Labute approximate surface area is 310 Å². The molecule has 14 nitrogen and oxygen atoms in total. The van der Waals surface area contributed by atoms with Crippen molar-refractivity contribution in [1.82, 2.24) is 15.5 Å². The van der Waals surface area contributed by atoms with Gasteiger partial charge in [0.05, 0.1) is 33.2 Å². The molecule has 1 aliphatic rings. The van der Waals surface area contributed by atoms with Gasteiger partial charge in [-0.25, -0.2) is 22.4 Å². The van der Waals surface area contributed by atoms with Crippen LogP contribution in [0.3, 0.4) is 0 Å². The van der Waals surface area contributed by atoms with Crippen molar-refractivity contribution >= 4 is 45.0 Å². The number of benzene rings is 4. The fourth-order valence-electron chi connectivity index (χ4n) is 6.07. The van der Waals surface area contributed by atoms with Crippen LogP contribution < -0.4 is 16.0 Å². The summed E-state index contributed by atoms with van der Waals surface area (Å²) in [4.78, 5) is 64.6. The highest BCUT2D eigenvalue weighted by atomic mass is 32.2. The van der Waals surface area contributed by atoms with Crippen LogP contribution in [0.25, 0.3) is 0 Å². The van der Waals surface area contributed by atoms with Gasteiger partial charge in [-0.05, 0) is 54.3 Å². The molecule has 282 valence electrons. The van der Waals surface area contributed by atoms with Crippen molar-refractivity contribution in [2.75, 3.05) is 18.4 Å². The fourth-order valence-corrected chi connectivity index (χ4v) is 7.98. The molecule has 1 aliphatic heterocycles. The summed E-state index contributed by atoms with van der Waals surface area (Å²) < 4.78 is 49.3. The Bertz CT molecular complexity index is 2130. The largest absolute Gasteiger partial charge is 0.457 e. The Morgan fingerprint density at radius 3 is 2.28 bits per heavy atom. The van der Waals surface area contributed by atoms with Crippen LogP contribution in [-0.2, 0) is 30.8 Å². The molecule has 0 radical (unpaired) electrons. The summed E-state index contributed by atoms with van der Waals surface area (Å²) in [5, 5.41) is 17.3. The average molecular weight is 760 g/mol. The Hall–Kier alpha value is -6.16. The van der Waals surface area contributed by atoms with Gasteiger partial charge in [-0.3, -0.25) is 19.7 Å². The summed E-state index contributed by atoms with van der Waals surface area (Å²) in [6.45, 7) is 3.19. The van der Waals surface area contributed by atoms with Crippen LogP contribution in [0.5, 0.6) is 0 Å². The van der Waals surface area contributed by atoms with Crippen LogP contribution in [0.4, 0.5) is 20.6 Å². The molecule has 5 rings (SSSR count). The minimum atomic E-state index is -4.46. The van der Waals surface area contributed by atoms with Gasteiger partial charge in [0, 0.05) is 29.9 Å². The minimum Gasteiger partial charge on any atom is -0.457 e. The lowest BCUT2D eigenvalue weighted by Gasteiger charge is -2.32. The summed E-state index contributed by atoms with van der Waals surface area (Å²) in [5.41, 5.74) is 0.600. The Morgan fingerprint density at radius 2 is 1.61 bits per heavy atom. The number of ether oxygens (including phenoxy) is 1. The van der Waals surface area contributed by atoms with Crippen LogP contribution in [-0.4, -0.2) is 66.4 Å². The van der Waals surface area contributed by atoms with Gasteiger partial charge in [0.2, 0.25) is 11.8 Å². The number of amides is 4. The number of hydrogen-bond acceptors (Lipinski definition) is 9. The number of non-ortho nitro benzene ring substituents is 1. The van der Waals surface area contributed by atoms with Gasteiger partial charge in [0.1, 0.15) is 18.5 Å². The molecule has 0 aromatic heterocycles. The second-order valence-corrected chi connectivity index (χ2v) is 15.1. The molecule has 4 aromatic rings. The van der Waals surface area contributed by atoms with Crippen molar-refractivity contribution in [2.45, 2.75) is 49.1 Å². The van der Waals surface area contributed by atoms with Gasteiger partial charge in [0.15, 0.2) is 9.84 Å². The maximum atomic E-state index is 15.5. The first-order valence-electron chi connectivity index (χ1n) is 16.9. The Balaban J connectivity index is 1.38. The number of nitro benzene ring substituents is 1. The Morgan fingerprint density at radius 1 is 0.926 bits per heavy atom. The molecule has 4 amide bonds. The van der Waals surface area contributed by atoms with Crippen molar-refractivity contribution in [3.8, 4) is 0 Å². The number of carbonyl (C=O) groups excluding carboxylic acids is 4. The monoisotopic (exact) mass is 759 g/mol. The highest BCUT2D eigenvalue weighted by Crippen LogP contribution is 2.43. The van der Waals surface area contributed by atoms with Gasteiger partial charge in [-0.2, -0.15) is 0 Å². The SMILES string of the molecule is CC(C)CNC(=O)C1CC(S(=O)(=O)c2ccc([N+](=O)[O-])cc2)C(c2ccccc2F)N1C(=O)CNC(=O)Nc1cccc(C(=O)OCc2ccccc2)c1. The van der Waals surface area contributed by atoms with E-state index in [1.165, 1.54) is 42.5 Å². The molecule has 1 saturated heterocycles. The topological polar surface area (TPSA) is 194 Å². The lowest BCUT2D eigenvalue weighted by atomic mass is 10.0. The lowest BCUT2D eigenvalue weighted by Crippen LogP contribution is -2.50. The zero-order chi connectivity index (χ0) is 39.0. The lowest BCUT2D eigenvalue weighted by molar-refractivity contribution is -0.384. The van der Waals surface area contributed by atoms with Crippen LogP contribution in [0.2, 0.25) is 0 Å². The van der Waals surface area contributed by atoms with Gasteiger partial charge >= 0.3 is 12.0 Å². The third-order valence-electron chi connectivity index (χ3n) is 8.69. The third kappa shape index (κ3) is 9.25. The number of urea groups is 1. The van der Waals surface area contributed by atoms with E-state index in [2.05, 4.69) is 16.0 Å². The minimum absolute atomic E-state index is 0.00362. The first-order valence-corrected chi connectivity index (χ1v) is 18.5. The summed E-state index contributed by atoms with van der Waals surface area (Å²) in [7, 11) is -4.46. The Kier molecular flexibility index (Phi) is 12.4. The molecule has 0 bridgehead atoms. The van der Waals surface area contributed by atoms with E-state index in [4.69, 9.17) is 4.74 Å². The van der Waals surface area contributed by atoms with Gasteiger partial charge < -0.3 is 25.6 Å². The van der Waals surface area contributed by atoms with Crippen molar-refractivity contribution in [3.63, 3.8) is 0 Å². The quantitative estimate of drug-likeness (QED) is 0.0937. The molecule has 0 saturated carbocycles. The van der Waals surface area contributed by atoms with Crippen LogP contribution in [0.1, 0.15) is 47.8 Å². The summed E-state index contributed by atoms with van der Waals surface area (Å²) in [6.07, 6.45) is -0.437. The van der Waals surface area contributed by atoms with Crippen LogP contribution in [0.15, 0.2) is 108 Å². The van der Waals surface area contributed by atoms with Crippen molar-refractivity contribution < 1.29 is 41.6 Å². The van der Waals surface area contributed by atoms with E-state index in [0.717, 1.165) is 40.8 Å². The van der Waals surface area contributed by atoms with Gasteiger partial charge in [0.25, 0.3) is 5.69 Å². The molecule has 0 spiro atoms. The van der Waals surface area contributed by atoms with Crippen LogP contribution in [0, 0.1) is 21.8 Å². The number of nitrogens with zero attached hydrogens (tertiary/aromatic N) is 2. The molecule has 0 aliphatic carbocycles. The maximum absolute atomic E-state index is 15.5. The van der Waals surface area contributed by atoms with E-state index in [0.29, 0.717) is 0 Å². The van der Waals surface area contributed by atoms with E-state index in [-0.39, 0.29) is 46.5 Å². The van der Waals surface area contributed by atoms with E-state index in [1.54, 1.807) is 12.1 Å². The molecule has 3 unspecified atom stereocenters.